The lowest BCUT2D eigenvalue weighted by molar-refractivity contribution is 0.0601. The Morgan fingerprint density at radius 1 is 1.12 bits per heavy atom. The fraction of sp³-hybridized carbons (Fsp3) is 0.294. The van der Waals surface area contributed by atoms with Gasteiger partial charge in [-0.3, -0.25) is 14.5 Å². The Balaban J connectivity index is 2.03. The first-order valence-electron chi connectivity index (χ1n) is 7.85. The largest absolute Gasteiger partial charge is 0.308 e. The van der Waals surface area contributed by atoms with E-state index in [2.05, 4.69) is 10.3 Å². The van der Waals surface area contributed by atoms with Crippen LogP contribution in [-0.4, -0.2) is 63.8 Å². The van der Waals surface area contributed by atoms with Crippen molar-refractivity contribution in [1.29, 1.82) is 0 Å². The Kier molecular flexibility index (Phi) is 3.52. The number of aromatic nitrogens is 3. The summed E-state index contributed by atoms with van der Waals surface area (Å²) in [6.45, 7) is 0.903. The van der Waals surface area contributed by atoms with Gasteiger partial charge < -0.3 is 4.90 Å². The Morgan fingerprint density at radius 3 is 2.48 bits per heavy atom. The summed E-state index contributed by atoms with van der Waals surface area (Å²) in [5, 5.41) is 9.93. The minimum atomic E-state index is -0.318. The van der Waals surface area contributed by atoms with Crippen LogP contribution in [0, 0.1) is 0 Å². The molecular formula is C17H16ClN5O2. The predicted octanol–water partition coefficient (Wildman–Crippen LogP) is 1.93. The van der Waals surface area contributed by atoms with Crippen molar-refractivity contribution in [2.24, 2.45) is 7.05 Å². The second kappa shape index (κ2) is 5.50. The van der Waals surface area contributed by atoms with Crippen LogP contribution in [0.1, 0.15) is 20.7 Å². The molecule has 0 radical (unpaired) electrons. The van der Waals surface area contributed by atoms with E-state index in [1.807, 2.05) is 19.0 Å². The molecule has 0 N–H and O–H groups in total. The number of carbonyl (C=O) groups excluding carboxylic acids is 2. The highest BCUT2D eigenvalue weighted by molar-refractivity contribution is 6.35. The van der Waals surface area contributed by atoms with Crippen molar-refractivity contribution in [2.45, 2.75) is 0 Å². The van der Waals surface area contributed by atoms with Crippen molar-refractivity contribution in [2.75, 3.05) is 27.2 Å². The van der Waals surface area contributed by atoms with Gasteiger partial charge in [0.05, 0.1) is 16.6 Å². The zero-order valence-corrected chi connectivity index (χ0v) is 14.8. The molecule has 7 nitrogen and oxygen atoms in total. The summed E-state index contributed by atoms with van der Waals surface area (Å²) in [5.74, 6) is -0.624. The van der Waals surface area contributed by atoms with E-state index in [0.29, 0.717) is 40.1 Å². The first-order valence-corrected chi connectivity index (χ1v) is 8.23. The van der Waals surface area contributed by atoms with E-state index < -0.39 is 0 Å². The van der Waals surface area contributed by atoms with E-state index in [-0.39, 0.29) is 11.8 Å². The lowest BCUT2D eigenvalue weighted by atomic mass is 9.93. The number of imide groups is 1. The highest BCUT2D eigenvalue weighted by Crippen LogP contribution is 2.36. The maximum atomic E-state index is 13.0. The average molecular weight is 358 g/mol. The van der Waals surface area contributed by atoms with E-state index in [4.69, 9.17) is 11.6 Å². The molecule has 1 aromatic heterocycles. The molecule has 0 saturated carbocycles. The predicted molar refractivity (Wildman–Crippen MR) is 94.9 cm³/mol. The average Bonchev–Trinajstić information content (AvgIpc) is 2.93. The molecule has 2 amide bonds. The molecule has 0 unspecified atom stereocenters. The number of benzene rings is 2. The molecule has 25 heavy (non-hydrogen) atoms. The monoisotopic (exact) mass is 357 g/mol. The van der Waals surface area contributed by atoms with Crippen LogP contribution in [0.4, 0.5) is 0 Å². The topological polar surface area (TPSA) is 71.3 Å². The van der Waals surface area contributed by atoms with Gasteiger partial charge in [0.25, 0.3) is 11.8 Å². The van der Waals surface area contributed by atoms with Crippen molar-refractivity contribution in [3.05, 3.63) is 34.3 Å². The van der Waals surface area contributed by atoms with Gasteiger partial charge in [-0.2, -0.15) is 0 Å². The van der Waals surface area contributed by atoms with Crippen molar-refractivity contribution >= 4 is 45.2 Å². The molecule has 0 atom stereocenters. The number of nitrogens with zero attached hydrogens (tertiary/aromatic N) is 5. The Morgan fingerprint density at radius 2 is 1.80 bits per heavy atom. The SMILES string of the molecule is CN(C)CCN1C(=O)c2cc(Cl)cc3c2c(cc2nnn(C)c23)C1=O. The molecule has 1 aliphatic heterocycles. The van der Waals surface area contributed by atoms with Crippen LogP contribution in [0.2, 0.25) is 5.02 Å². The lowest BCUT2D eigenvalue weighted by Gasteiger charge is -2.28. The number of aryl methyl sites for hydroxylation is 1. The molecule has 4 rings (SSSR count). The molecule has 3 aromatic rings. The first-order chi connectivity index (χ1) is 11.9. The second-order valence-electron chi connectivity index (χ2n) is 6.45. The number of amides is 2. The summed E-state index contributed by atoms with van der Waals surface area (Å²) < 4.78 is 1.63. The molecule has 0 aliphatic carbocycles. The van der Waals surface area contributed by atoms with Crippen LogP contribution in [0.5, 0.6) is 0 Å². The smallest absolute Gasteiger partial charge is 0.261 e. The molecule has 1 aliphatic rings. The second-order valence-corrected chi connectivity index (χ2v) is 6.88. The summed E-state index contributed by atoms with van der Waals surface area (Å²) in [6.07, 6.45) is 0. The standard InChI is InChI=1S/C17H16ClN5O2/c1-21(2)4-5-23-16(24)11-7-9(18)6-10-14(11)12(17(23)25)8-13-15(10)22(3)20-19-13/h6-8H,4-5H2,1-3H3. The van der Waals surface area contributed by atoms with Gasteiger partial charge >= 0.3 is 0 Å². The van der Waals surface area contributed by atoms with Crippen molar-refractivity contribution in [1.82, 2.24) is 24.8 Å². The highest BCUT2D eigenvalue weighted by Gasteiger charge is 2.34. The van der Waals surface area contributed by atoms with Gasteiger partial charge in [0.2, 0.25) is 0 Å². The third-order valence-corrected chi connectivity index (χ3v) is 4.70. The molecule has 2 heterocycles. The summed E-state index contributed by atoms with van der Waals surface area (Å²) in [6, 6.07) is 5.09. The molecule has 0 fully saturated rings. The maximum Gasteiger partial charge on any atom is 0.261 e. The summed E-state index contributed by atoms with van der Waals surface area (Å²) in [5.41, 5.74) is 2.27. The number of likely N-dealkylation sites (N-methyl/N-ethyl adjacent to an activating group) is 1. The van der Waals surface area contributed by atoms with Gasteiger partial charge in [0, 0.05) is 35.9 Å². The number of carbonyl (C=O) groups is 2. The normalized spacial score (nSPS) is 14.4. The van der Waals surface area contributed by atoms with Crippen molar-refractivity contribution in [3.8, 4) is 0 Å². The van der Waals surface area contributed by atoms with Gasteiger partial charge in [0.15, 0.2) is 0 Å². The first kappa shape index (κ1) is 16.0. The molecular weight excluding hydrogens is 342 g/mol. The van der Waals surface area contributed by atoms with Crippen LogP contribution in [0.25, 0.3) is 21.8 Å². The number of halogens is 1. The maximum absolute atomic E-state index is 13.0. The van der Waals surface area contributed by atoms with E-state index in [1.165, 1.54) is 4.90 Å². The quantitative estimate of drug-likeness (QED) is 0.670. The van der Waals surface area contributed by atoms with E-state index in [1.54, 1.807) is 29.9 Å². The highest BCUT2D eigenvalue weighted by atomic mass is 35.5. The fourth-order valence-electron chi connectivity index (χ4n) is 3.30. The Hall–Kier alpha value is -2.51. The van der Waals surface area contributed by atoms with Gasteiger partial charge in [-0.15, -0.1) is 5.10 Å². The summed E-state index contributed by atoms with van der Waals surface area (Å²) in [7, 11) is 5.56. The Labute approximate surface area is 148 Å². The third-order valence-electron chi connectivity index (χ3n) is 4.48. The number of hydrogen-bond acceptors (Lipinski definition) is 5. The van der Waals surface area contributed by atoms with E-state index in [0.717, 1.165) is 10.9 Å². The van der Waals surface area contributed by atoms with Gasteiger partial charge in [-0.05, 0) is 32.3 Å². The molecule has 128 valence electrons. The minimum absolute atomic E-state index is 0.306. The molecule has 2 aromatic carbocycles. The molecule has 8 heteroatoms. The van der Waals surface area contributed by atoms with E-state index in [9.17, 15) is 9.59 Å². The zero-order chi connectivity index (χ0) is 17.9. The molecule has 0 saturated heterocycles. The van der Waals surface area contributed by atoms with Crippen molar-refractivity contribution in [3.63, 3.8) is 0 Å². The number of fused-ring (bicyclic) bond motifs is 2. The van der Waals surface area contributed by atoms with Crippen LogP contribution in [0.3, 0.4) is 0 Å². The third kappa shape index (κ3) is 2.31. The van der Waals surface area contributed by atoms with E-state index >= 15 is 0 Å². The minimum Gasteiger partial charge on any atom is -0.308 e. The summed E-state index contributed by atoms with van der Waals surface area (Å²) in [4.78, 5) is 29.1. The van der Waals surface area contributed by atoms with Crippen LogP contribution >= 0.6 is 11.6 Å². The van der Waals surface area contributed by atoms with Crippen LogP contribution in [0.15, 0.2) is 18.2 Å². The Bertz CT molecular complexity index is 1060. The molecule has 0 spiro atoms. The summed E-state index contributed by atoms with van der Waals surface area (Å²) >= 11 is 6.26. The van der Waals surface area contributed by atoms with Gasteiger partial charge in [-0.1, -0.05) is 16.8 Å². The number of rotatable bonds is 3. The van der Waals surface area contributed by atoms with Crippen molar-refractivity contribution < 1.29 is 9.59 Å². The van der Waals surface area contributed by atoms with Crippen LogP contribution < -0.4 is 0 Å². The zero-order valence-electron chi connectivity index (χ0n) is 14.1. The van der Waals surface area contributed by atoms with Gasteiger partial charge in [0.1, 0.15) is 5.52 Å². The van der Waals surface area contributed by atoms with Crippen LogP contribution in [-0.2, 0) is 7.05 Å². The molecule has 0 bridgehead atoms. The number of hydrogen-bond donors (Lipinski definition) is 0. The lowest BCUT2D eigenvalue weighted by Crippen LogP contribution is -2.43. The fourth-order valence-corrected chi connectivity index (χ4v) is 3.52. The van der Waals surface area contributed by atoms with Gasteiger partial charge in [-0.25, -0.2) is 4.68 Å².